The van der Waals surface area contributed by atoms with E-state index < -0.39 is 0 Å². The van der Waals surface area contributed by atoms with Gasteiger partial charge in [-0.05, 0) is 18.6 Å². The van der Waals surface area contributed by atoms with Crippen molar-refractivity contribution in [3.8, 4) is 0 Å². The molecule has 0 aliphatic rings. The van der Waals surface area contributed by atoms with Crippen LogP contribution in [0.2, 0.25) is 0 Å². The SMILES string of the molecule is CCCCCCCCOC(=O)c1ccccc1.Cl. The molecule has 3 heteroatoms. The maximum atomic E-state index is 11.6. The van der Waals surface area contributed by atoms with Crippen LogP contribution in [-0.4, -0.2) is 12.6 Å². The first-order chi connectivity index (χ1) is 8.34. The number of unbranched alkanes of at least 4 members (excludes halogenated alkanes) is 5. The molecule has 2 nitrogen and oxygen atoms in total. The second kappa shape index (κ2) is 11.1. The smallest absolute Gasteiger partial charge is 0.338 e. The van der Waals surface area contributed by atoms with Crippen molar-refractivity contribution in [2.75, 3.05) is 6.61 Å². The monoisotopic (exact) mass is 270 g/mol. The van der Waals surface area contributed by atoms with Gasteiger partial charge < -0.3 is 4.74 Å². The molecular formula is C15H23ClO2. The predicted molar refractivity (Wildman–Crippen MR) is 77.3 cm³/mol. The van der Waals surface area contributed by atoms with E-state index >= 15 is 0 Å². The van der Waals surface area contributed by atoms with Crippen LogP contribution in [0, 0.1) is 0 Å². The summed E-state index contributed by atoms with van der Waals surface area (Å²) in [5.74, 6) is -0.209. The number of esters is 1. The molecule has 1 rings (SSSR count). The average Bonchev–Trinajstić information content (AvgIpc) is 2.38. The molecule has 0 bridgehead atoms. The minimum Gasteiger partial charge on any atom is -0.462 e. The third kappa shape index (κ3) is 7.33. The van der Waals surface area contributed by atoms with Crippen LogP contribution in [0.4, 0.5) is 0 Å². The lowest BCUT2D eigenvalue weighted by molar-refractivity contribution is 0.0497. The van der Waals surface area contributed by atoms with Crippen LogP contribution in [0.25, 0.3) is 0 Å². The van der Waals surface area contributed by atoms with Gasteiger partial charge in [0.25, 0.3) is 0 Å². The molecule has 0 atom stereocenters. The van der Waals surface area contributed by atoms with Crippen molar-refractivity contribution in [2.45, 2.75) is 45.4 Å². The van der Waals surface area contributed by atoms with E-state index in [1.165, 1.54) is 25.7 Å². The Morgan fingerprint density at radius 3 is 2.28 bits per heavy atom. The summed E-state index contributed by atoms with van der Waals surface area (Å²) in [4.78, 5) is 11.6. The summed E-state index contributed by atoms with van der Waals surface area (Å²) in [5, 5.41) is 0. The third-order valence-electron chi connectivity index (χ3n) is 2.74. The zero-order valence-corrected chi connectivity index (χ0v) is 11.9. The lowest BCUT2D eigenvalue weighted by Gasteiger charge is -2.04. The highest BCUT2D eigenvalue weighted by Crippen LogP contribution is 2.06. The largest absolute Gasteiger partial charge is 0.462 e. The highest BCUT2D eigenvalue weighted by atomic mass is 35.5. The summed E-state index contributed by atoms with van der Waals surface area (Å²) in [6, 6.07) is 9.15. The number of carbonyl (C=O) groups is 1. The third-order valence-corrected chi connectivity index (χ3v) is 2.74. The van der Waals surface area contributed by atoms with E-state index in [4.69, 9.17) is 4.74 Å². The molecule has 0 spiro atoms. The van der Waals surface area contributed by atoms with Crippen LogP contribution in [0.15, 0.2) is 30.3 Å². The molecule has 0 radical (unpaired) electrons. The van der Waals surface area contributed by atoms with E-state index in [0.717, 1.165) is 12.8 Å². The Morgan fingerprint density at radius 2 is 1.61 bits per heavy atom. The van der Waals surface area contributed by atoms with Gasteiger partial charge in [0.05, 0.1) is 12.2 Å². The fraction of sp³-hybridized carbons (Fsp3) is 0.533. The topological polar surface area (TPSA) is 26.3 Å². The molecule has 0 saturated carbocycles. The molecule has 0 fully saturated rings. The molecule has 1 aromatic rings. The summed E-state index contributed by atoms with van der Waals surface area (Å²) in [6.45, 7) is 2.75. The van der Waals surface area contributed by atoms with E-state index in [0.29, 0.717) is 12.2 Å². The second-order valence-electron chi connectivity index (χ2n) is 4.27. The zero-order chi connectivity index (χ0) is 12.3. The Hall–Kier alpha value is -1.02. The van der Waals surface area contributed by atoms with Crippen molar-refractivity contribution in [1.82, 2.24) is 0 Å². The maximum Gasteiger partial charge on any atom is 0.338 e. The summed E-state index contributed by atoms with van der Waals surface area (Å²) >= 11 is 0. The summed E-state index contributed by atoms with van der Waals surface area (Å²) in [6.07, 6.45) is 7.25. The van der Waals surface area contributed by atoms with E-state index in [1.54, 1.807) is 12.1 Å². The minimum atomic E-state index is -0.209. The molecule has 0 amide bonds. The van der Waals surface area contributed by atoms with Crippen molar-refractivity contribution >= 4 is 18.4 Å². The molecule has 0 aliphatic carbocycles. The van der Waals surface area contributed by atoms with Crippen molar-refractivity contribution in [1.29, 1.82) is 0 Å². The van der Waals surface area contributed by atoms with Crippen molar-refractivity contribution < 1.29 is 9.53 Å². The number of hydrogen-bond donors (Lipinski definition) is 0. The number of carbonyl (C=O) groups excluding carboxylic acids is 1. The van der Waals surface area contributed by atoms with Gasteiger partial charge in [-0.15, -0.1) is 12.4 Å². The van der Waals surface area contributed by atoms with Gasteiger partial charge in [0.15, 0.2) is 0 Å². The first-order valence-corrected chi connectivity index (χ1v) is 6.56. The van der Waals surface area contributed by atoms with Crippen LogP contribution < -0.4 is 0 Å². The highest BCUT2D eigenvalue weighted by Gasteiger charge is 2.04. The Labute approximate surface area is 116 Å². The molecule has 0 unspecified atom stereocenters. The van der Waals surface area contributed by atoms with Crippen LogP contribution in [0.3, 0.4) is 0 Å². The van der Waals surface area contributed by atoms with Gasteiger partial charge in [-0.25, -0.2) is 4.79 Å². The Bertz CT molecular complexity index is 312. The number of ether oxygens (including phenoxy) is 1. The standard InChI is InChI=1S/C15H22O2.ClH/c1-2-3-4-5-6-10-13-17-15(16)14-11-8-7-9-12-14;/h7-9,11-12H,2-6,10,13H2,1H3;1H. The van der Waals surface area contributed by atoms with Gasteiger partial charge in [0, 0.05) is 0 Å². The van der Waals surface area contributed by atoms with Gasteiger partial charge in [-0.2, -0.15) is 0 Å². The normalized spacial score (nSPS) is 9.61. The quantitative estimate of drug-likeness (QED) is 0.509. The predicted octanol–water partition coefficient (Wildman–Crippen LogP) is 4.63. The number of rotatable bonds is 8. The summed E-state index contributed by atoms with van der Waals surface area (Å²) in [5.41, 5.74) is 0.637. The van der Waals surface area contributed by atoms with E-state index in [1.807, 2.05) is 18.2 Å². The van der Waals surface area contributed by atoms with Crippen LogP contribution in [-0.2, 0) is 4.74 Å². The molecule has 0 saturated heterocycles. The number of halogens is 1. The zero-order valence-electron chi connectivity index (χ0n) is 11.1. The molecular weight excluding hydrogens is 248 g/mol. The van der Waals surface area contributed by atoms with Gasteiger partial charge in [0.2, 0.25) is 0 Å². The van der Waals surface area contributed by atoms with E-state index in [9.17, 15) is 4.79 Å². The average molecular weight is 271 g/mol. The van der Waals surface area contributed by atoms with Crippen molar-refractivity contribution in [2.24, 2.45) is 0 Å². The van der Waals surface area contributed by atoms with Crippen LogP contribution in [0.5, 0.6) is 0 Å². The maximum absolute atomic E-state index is 11.6. The molecule has 1 aromatic carbocycles. The first kappa shape index (κ1) is 17.0. The lowest BCUT2D eigenvalue weighted by Crippen LogP contribution is -2.06. The minimum absolute atomic E-state index is 0. The fourth-order valence-electron chi connectivity index (χ4n) is 1.70. The van der Waals surface area contributed by atoms with Gasteiger partial charge in [0.1, 0.15) is 0 Å². The first-order valence-electron chi connectivity index (χ1n) is 6.56. The number of hydrogen-bond acceptors (Lipinski definition) is 2. The summed E-state index contributed by atoms with van der Waals surface area (Å²) < 4.78 is 5.20. The van der Waals surface area contributed by atoms with Gasteiger partial charge in [-0.1, -0.05) is 57.2 Å². The van der Waals surface area contributed by atoms with Crippen molar-refractivity contribution in [3.05, 3.63) is 35.9 Å². The molecule has 0 aromatic heterocycles. The Balaban J connectivity index is 0.00000289. The molecule has 0 N–H and O–H groups in total. The Kier molecular flexibility index (Phi) is 10.5. The Morgan fingerprint density at radius 1 is 1.00 bits per heavy atom. The fourth-order valence-corrected chi connectivity index (χ4v) is 1.70. The number of benzene rings is 1. The van der Waals surface area contributed by atoms with E-state index in [2.05, 4.69) is 6.92 Å². The van der Waals surface area contributed by atoms with Crippen LogP contribution >= 0.6 is 12.4 Å². The molecule has 102 valence electrons. The van der Waals surface area contributed by atoms with Crippen molar-refractivity contribution in [3.63, 3.8) is 0 Å². The van der Waals surface area contributed by atoms with Gasteiger partial charge >= 0.3 is 5.97 Å². The van der Waals surface area contributed by atoms with Gasteiger partial charge in [-0.3, -0.25) is 0 Å². The molecule has 0 aliphatic heterocycles. The van der Waals surface area contributed by atoms with Crippen LogP contribution in [0.1, 0.15) is 55.8 Å². The summed E-state index contributed by atoms with van der Waals surface area (Å²) in [7, 11) is 0. The highest BCUT2D eigenvalue weighted by molar-refractivity contribution is 5.89. The van der Waals surface area contributed by atoms with E-state index in [-0.39, 0.29) is 18.4 Å². The lowest BCUT2D eigenvalue weighted by atomic mass is 10.1. The molecule has 0 heterocycles. The molecule has 18 heavy (non-hydrogen) atoms. The second-order valence-corrected chi connectivity index (χ2v) is 4.27.